The molecule has 0 saturated carbocycles. The van der Waals surface area contributed by atoms with Gasteiger partial charge in [0.1, 0.15) is 18.1 Å². The monoisotopic (exact) mass is 491 g/mol. The number of hydrogen-bond donors (Lipinski definition) is 2. The number of benzene rings is 2. The van der Waals surface area contributed by atoms with Crippen LogP contribution in [0.3, 0.4) is 0 Å². The van der Waals surface area contributed by atoms with Gasteiger partial charge >= 0.3 is 0 Å². The van der Waals surface area contributed by atoms with Crippen LogP contribution in [0.5, 0.6) is 11.5 Å². The lowest BCUT2D eigenvalue weighted by atomic mass is 10.0. The van der Waals surface area contributed by atoms with Crippen LogP contribution in [0, 0.1) is 5.92 Å². The molecule has 9 nitrogen and oxygen atoms in total. The van der Waals surface area contributed by atoms with E-state index in [-0.39, 0.29) is 40.1 Å². The van der Waals surface area contributed by atoms with Crippen LogP contribution in [-0.4, -0.2) is 72.3 Å². The summed E-state index contributed by atoms with van der Waals surface area (Å²) in [6, 6.07) is 10.9. The second-order valence-electron chi connectivity index (χ2n) is 8.55. The first-order valence-electron chi connectivity index (χ1n) is 11.1. The van der Waals surface area contributed by atoms with Crippen molar-refractivity contribution in [2.24, 2.45) is 5.92 Å². The SMILES string of the molecule is COc1cccc(S(=O)(=O)Nc2ccc3c(c2)C(=O)N(C)C[C@H](OC)[C@@H](C)CN[C@@H](C)CO3)c1. The van der Waals surface area contributed by atoms with Crippen molar-refractivity contribution in [2.75, 3.05) is 45.7 Å². The summed E-state index contributed by atoms with van der Waals surface area (Å²) in [4.78, 5) is 15.0. The summed E-state index contributed by atoms with van der Waals surface area (Å²) < 4.78 is 45.1. The predicted molar refractivity (Wildman–Crippen MR) is 130 cm³/mol. The van der Waals surface area contributed by atoms with E-state index in [0.717, 1.165) is 6.54 Å². The quantitative estimate of drug-likeness (QED) is 0.662. The van der Waals surface area contributed by atoms with Crippen molar-refractivity contribution < 1.29 is 27.4 Å². The first-order valence-corrected chi connectivity index (χ1v) is 12.6. The van der Waals surface area contributed by atoms with Crippen molar-refractivity contribution in [1.29, 1.82) is 0 Å². The van der Waals surface area contributed by atoms with Crippen LogP contribution in [0.2, 0.25) is 0 Å². The Bertz CT molecular complexity index is 1110. The molecule has 10 heteroatoms. The van der Waals surface area contributed by atoms with Crippen LogP contribution in [0.1, 0.15) is 24.2 Å². The maximum Gasteiger partial charge on any atom is 0.262 e. The van der Waals surface area contributed by atoms with Crippen LogP contribution in [0.15, 0.2) is 47.4 Å². The number of carbonyl (C=O) groups excluding carboxylic acids is 1. The molecule has 1 heterocycles. The van der Waals surface area contributed by atoms with E-state index in [2.05, 4.69) is 17.0 Å². The van der Waals surface area contributed by atoms with E-state index in [1.165, 1.54) is 25.3 Å². The van der Waals surface area contributed by atoms with Gasteiger partial charge in [0.15, 0.2) is 0 Å². The first kappa shape index (κ1) is 25.8. The van der Waals surface area contributed by atoms with Gasteiger partial charge in [0.05, 0.1) is 23.7 Å². The van der Waals surface area contributed by atoms with Crippen LogP contribution in [0.25, 0.3) is 0 Å². The molecule has 0 radical (unpaired) electrons. The summed E-state index contributed by atoms with van der Waals surface area (Å²) in [5, 5.41) is 3.43. The van der Waals surface area contributed by atoms with Gasteiger partial charge in [-0.25, -0.2) is 8.42 Å². The largest absolute Gasteiger partial charge is 0.497 e. The fourth-order valence-corrected chi connectivity index (χ4v) is 4.79. The fraction of sp³-hybridized carbons (Fsp3) is 0.458. The highest BCUT2D eigenvalue weighted by molar-refractivity contribution is 7.92. The van der Waals surface area contributed by atoms with E-state index in [1.807, 2.05) is 6.92 Å². The number of nitrogens with zero attached hydrogens (tertiary/aromatic N) is 1. The molecule has 3 rings (SSSR count). The molecule has 1 amide bonds. The van der Waals surface area contributed by atoms with E-state index in [9.17, 15) is 13.2 Å². The molecule has 0 unspecified atom stereocenters. The van der Waals surface area contributed by atoms with Gasteiger partial charge in [-0.3, -0.25) is 9.52 Å². The number of fused-ring (bicyclic) bond motifs is 1. The molecule has 0 fully saturated rings. The van der Waals surface area contributed by atoms with Crippen molar-refractivity contribution >= 4 is 21.6 Å². The summed E-state index contributed by atoms with van der Waals surface area (Å²) >= 11 is 0. The molecular formula is C24H33N3O6S. The number of carbonyl (C=O) groups is 1. The number of amides is 1. The maximum atomic E-state index is 13.4. The summed E-state index contributed by atoms with van der Waals surface area (Å²) in [6.07, 6.45) is -0.160. The van der Waals surface area contributed by atoms with Gasteiger partial charge in [-0.05, 0) is 43.2 Å². The molecule has 1 aliphatic rings. The van der Waals surface area contributed by atoms with Gasteiger partial charge in [-0.1, -0.05) is 13.0 Å². The zero-order valence-electron chi connectivity index (χ0n) is 20.2. The third-order valence-electron chi connectivity index (χ3n) is 5.83. The second-order valence-corrected chi connectivity index (χ2v) is 10.2. The minimum atomic E-state index is -3.90. The molecule has 2 N–H and O–H groups in total. The maximum absolute atomic E-state index is 13.4. The Morgan fingerprint density at radius 1 is 1.15 bits per heavy atom. The van der Waals surface area contributed by atoms with Gasteiger partial charge in [0.25, 0.3) is 15.9 Å². The number of nitrogens with one attached hydrogen (secondary N) is 2. The Kier molecular flexibility index (Phi) is 8.40. The summed E-state index contributed by atoms with van der Waals surface area (Å²) in [7, 11) is 0.901. The number of sulfonamides is 1. The van der Waals surface area contributed by atoms with Gasteiger partial charge in [0, 0.05) is 45.0 Å². The minimum Gasteiger partial charge on any atom is -0.497 e. The smallest absolute Gasteiger partial charge is 0.262 e. The summed E-state index contributed by atoms with van der Waals surface area (Å²) in [6.45, 7) is 5.53. The van der Waals surface area contributed by atoms with E-state index < -0.39 is 10.0 Å². The van der Waals surface area contributed by atoms with Gasteiger partial charge in [0.2, 0.25) is 0 Å². The van der Waals surface area contributed by atoms with Gasteiger partial charge in [-0.15, -0.1) is 0 Å². The zero-order chi connectivity index (χ0) is 24.9. The Morgan fingerprint density at radius 2 is 1.91 bits per heavy atom. The molecule has 0 aliphatic carbocycles. The number of ether oxygens (including phenoxy) is 3. The molecular weight excluding hydrogens is 458 g/mol. The third kappa shape index (κ3) is 6.19. The molecule has 1 aliphatic heterocycles. The van der Waals surface area contributed by atoms with Crippen LogP contribution < -0.4 is 19.5 Å². The van der Waals surface area contributed by atoms with Gasteiger partial charge in [-0.2, -0.15) is 0 Å². The molecule has 2 aromatic rings. The van der Waals surface area contributed by atoms with Crippen molar-refractivity contribution in [3.8, 4) is 11.5 Å². The topological polar surface area (TPSA) is 106 Å². The van der Waals surface area contributed by atoms with E-state index >= 15 is 0 Å². The molecule has 0 spiro atoms. The Morgan fingerprint density at radius 3 is 2.62 bits per heavy atom. The number of anilines is 1. The number of hydrogen-bond acceptors (Lipinski definition) is 7. The van der Waals surface area contributed by atoms with E-state index in [0.29, 0.717) is 24.7 Å². The summed E-state index contributed by atoms with van der Waals surface area (Å²) in [5.41, 5.74) is 0.519. The molecule has 0 bridgehead atoms. The highest BCUT2D eigenvalue weighted by Crippen LogP contribution is 2.27. The van der Waals surface area contributed by atoms with Crippen molar-refractivity contribution in [1.82, 2.24) is 10.2 Å². The van der Waals surface area contributed by atoms with Crippen LogP contribution >= 0.6 is 0 Å². The molecule has 0 aromatic heterocycles. The van der Waals surface area contributed by atoms with Crippen molar-refractivity contribution in [3.05, 3.63) is 48.0 Å². The third-order valence-corrected chi connectivity index (χ3v) is 7.21. The molecule has 34 heavy (non-hydrogen) atoms. The Labute approximate surface area is 201 Å². The average molecular weight is 492 g/mol. The van der Waals surface area contributed by atoms with Crippen LogP contribution in [-0.2, 0) is 14.8 Å². The lowest BCUT2D eigenvalue weighted by Gasteiger charge is -2.30. The average Bonchev–Trinajstić information content (AvgIpc) is 2.83. The molecule has 186 valence electrons. The highest BCUT2D eigenvalue weighted by Gasteiger charge is 2.26. The van der Waals surface area contributed by atoms with Crippen LogP contribution in [0.4, 0.5) is 5.69 Å². The number of likely N-dealkylation sites (N-methyl/N-ethyl adjacent to an activating group) is 1. The number of rotatable bonds is 5. The Hall–Kier alpha value is -2.82. The van der Waals surface area contributed by atoms with E-state index in [4.69, 9.17) is 14.2 Å². The predicted octanol–water partition coefficient (Wildman–Crippen LogP) is 2.59. The second kappa shape index (κ2) is 11.1. The normalized spacial score (nSPS) is 22.1. The number of methoxy groups -OCH3 is 2. The first-order chi connectivity index (χ1) is 16.1. The lowest BCUT2D eigenvalue weighted by molar-refractivity contribution is 0.0281. The standard InChI is InChI=1S/C24H33N3O6S/c1-16-13-25-17(2)15-33-22-10-9-18(11-21(22)24(28)27(3)14-23(16)32-5)26-34(29,30)20-8-6-7-19(12-20)31-4/h6-12,16-17,23,25-26H,13-15H2,1-5H3/t16-,17-,23-/m0/s1. The fourth-order valence-electron chi connectivity index (χ4n) is 3.71. The Balaban J connectivity index is 1.94. The van der Waals surface area contributed by atoms with Crippen molar-refractivity contribution in [2.45, 2.75) is 30.9 Å². The molecule has 3 atom stereocenters. The van der Waals surface area contributed by atoms with Gasteiger partial charge < -0.3 is 24.4 Å². The van der Waals surface area contributed by atoms with Crippen molar-refractivity contribution in [3.63, 3.8) is 0 Å². The summed E-state index contributed by atoms with van der Waals surface area (Å²) in [5.74, 6) is 0.697. The highest BCUT2D eigenvalue weighted by atomic mass is 32.2. The molecule has 2 aromatic carbocycles. The minimum absolute atomic E-state index is 0.0475. The molecule has 0 saturated heterocycles. The lowest BCUT2D eigenvalue weighted by Crippen LogP contribution is -2.44. The zero-order valence-corrected chi connectivity index (χ0v) is 21.0. The van der Waals surface area contributed by atoms with E-state index in [1.54, 1.807) is 43.3 Å².